The Hall–Kier alpha value is -5.83. The molecule has 0 spiro atoms. The van der Waals surface area contributed by atoms with E-state index in [-0.39, 0.29) is 40.2 Å². The fourth-order valence-corrected chi connectivity index (χ4v) is 5.55. The van der Waals surface area contributed by atoms with Gasteiger partial charge >= 0.3 is 11.9 Å². The maximum Gasteiger partial charge on any atom is 0.341 e. The van der Waals surface area contributed by atoms with Crippen LogP contribution in [0.3, 0.4) is 0 Å². The van der Waals surface area contributed by atoms with Gasteiger partial charge in [0.2, 0.25) is 0 Å². The number of hydrogen-bond donors (Lipinski definition) is 2. The van der Waals surface area contributed by atoms with Crippen LogP contribution in [0.25, 0.3) is 22.8 Å². The number of hydrogen-bond acceptors (Lipinski definition) is 12. The summed E-state index contributed by atoms with van der Waals surface area (Å²) in [7, 11) is 2.60. The Labute approximate surface area is 342 Å². The van der Waals surface area contributed by atoms with Crippen molar-refractivity contribution in [3.05, 3.63) is 135 Å². The van der Waals surface area contributed by atoms with Crippen molar-refractivity contribution in [2.24, 2.45) is 0 Å². The highest BCUT2D eigenvalue weighted by Crippen LogP contribution is 2.31. The second kappa shape index (κ2) is 20.4. The summed E-state index contributed by atoms with van der Waals surface area (Å²) in [5.74, 6) is -0.715. The number of ether oxygens (including phenoxy) is 2. The summed E-state index contributed by atoms with van der Waals surface area (Å²) in [5, 5.41) is 4.29. The Morgan fingerprint density at radius 3 is 1.68 bits per heavy atom. The van der Waals surface area contributed by atoms with Crippen LogP contribution in [0.5, 0.6) is 0 Å². The van der Waals surface area contributed by atoms with Gasteiger partial charge in [0, 0.05) is 64.0 Å². The quantitative estimate of drug-likeness (QED) is 0.110. The van der Waals surface area contributed by atoms with Crippen molar-refractivity contribution >= 4 is 63.9 Å². The van der Waals surface area contributed by atoms with Crippen LogP contribution in [-0.2, 0) is 9.47 Å². The first-order valence-corrected chi connectivity index (χ1v) is 18.2. The van der Waals surface area contributed by atoms with E-state index in [0.717, 1.165) is 11.1 Å². The molecule has 6 rings (SSSR count). The zero-order valence-corrected chi connectivity index (χ0v) is 33.8. The molecule has 0 aliphatic heterocycles. The third-order valence-corrected chi connectivity index (χ3v) is 8.68. The van der Waals surface area contributed by atoms with Crippen LogP contribution in [0.4, 0.5) is 26.0 Å². The van der Waals surface area contributed by atoms with Crippen LogP contribution in [0.1, 0.15) is 71.4 Å². The fraction of sp³-hybridized carbons (Fsp3) is 0.200. The topological polar surface area (TPSA) is 168 Å². The van der Waals surface area contributed by atoms with Crippen LogP contribution in [-0.4, -0.2) is 56.1 Å². The SMILES string of the molecule is CC(C)c1cnc(-c2cc(Cl)ccc2F)nc1Cl.COC(=O)c1cnccc1N.COC(=O)c1cnccc1Nc1nc(-c2cc(Cl)ccc2F)ncc1C(C)C. The Morgan fingerprint density at radius 1 is 0.684 bits per heavy atom. The summed E-state index contributed by atoms with van der Waals surface area (Å²) in [5.41, 5.74) is 8.95. The van der Waals surface area contributed by atoms with E-state index in [0.29, 0.717) is 38.0 Å². The van der Waals surface area contributed by atoms with E-state index >= 15 is 0 Å². The monoisotopic (exact) mass is 836 g/mol. The van der Waals surface area contributed by atoms with E-state index in [2.05, 4.69) is 40.0 Å². The average Bonchev–Trinajstić information content (AvgIpc) is 3.19. The first-order chi connectivity index (χ1) is 27.1. The Balaban J connectivity index is 0.000000211. The molecular weight excluding hydrogens is 801 g/mol. The number of halogens is 5. The summed E-state index contributed by atoms with van der Waals surface area (Å²) < 4.78 is 37.2. The van der Waals surface area contributed by atoms with Crippen LogP contribution < -0.4 is 11.1 Å². The van der Waals surface area contributed by atoms with Crippen LogP contribution >= 0.6 is 34.8 Å². The standard InChI is InChI=1S/C20H18ClFN4O2.C13H11Cl2FN2.C7H8N2O2/c1-11(2)14-10-24-18(13-8-12(21)4-5-16(13)22)26-19(14)25-17-6-7-23-9-15(17)20(27)28-3;1-7(2)10-6-17-13(18-12(10)15)9-5-8(14)3-4-11(9)16;1-11-7(10)5-4-9-3-2-6(5)8/h4-11H,1-3H3,(H,23,24,25,26);3-7H,1-2H3;2-4H,1H3,(H2,8,9). The summed E-state index contributed by atoms with van der Waals surface area (Å²) >= 11 is 17.9. The van der Waals surface area contributed by atoms with Gasteiger partial charge in [-0.15, -0.1) is 0 Å². The number of nitrogens with zero attached hydrogens (tertiary/aromatic N) is 6. The third-order valence-electron chi connectivity index (χ3n) is 7.91. The van der Waals surface area contributed by atoms with E-state index in [9.17, 15) is 18.4 Å². The van der Waals surface area contributed by atoms with Gasteiger partial charge in [0.15, 0.2) is 11.6 Å². The van der Waals surface area contributed by atoms with E-state index in [4.69, 9.17) is 45.3 Å². The number of benzene rings is 2. The van der Waals surface area contributed by atoms with E-state index in [1.54, 1.807) is 30.7 Å². The number of nitrogens with two attached hydrogens (primary N) is 1. The molecule has 12 nitrogen and oxygen atoms in total. The normalized spacial score (nSPS) is 10.5. The summed E-state index contributed by atoms with van der Waals surface area (Å²) in [6.07, 6.45) is 9.10. The number of methoxy groups -OCH3 is 2. The van der Waals surface area contributed by atoms with Gasteiger partial charge in [-0.2, -0.15) is 0 Å². The highest BCUT2D eigenvalue weighted by Gasteiger charge is 2.18. The van der Waals surface area contributed by atoms with Crippen molar-refractivity contribution in [1.29, 1.82) is 0 Å². The van der Waals surface area contributed by atoms with Gasteiger partial charge < -0.3 is 20.5 Å². The predicted octanol–water partition coefficient (Wildman–Crippen LogP) is 10.1. The van der Waals surface area contributed by atoms with Gasteiger partial charge in [-0.25, -0.2) is 38.3 Å². The van der Waals surface area contributed by atoms with Gasteiger partial charge in [0.05, 0.1) is 31.0 Å². The molecule has 0 radical (unpaired) electrons. The molecule has 17 heteroatoms. The van der Waals surface area contributed by atoms with E-state index in [1.807, 2.05) is 27.7 Å². The van der Waals surface area contributed by atoms with Gasteiger partial charge in [-0.1, -0.05) is 62.5 Å². The lowest BCUT2D eigenvalue weighted by molar-refractivity contribution is 0.0592. The van der Waals surface area contributed by atoms with Gasteiger partial charge in [-0.05, 0) is 60.4 Å². The minimum Gasteiger partial charge on any atom is -0.465 e. The Kier molecular flexibility index (Phi) is 15.7. The molecule has 0 aliphatic rings. The largest absolute Gasteiger partial charge is 0.465 e. The predicted molar refractivity (Wildman–Crippen MR) is 217 cm³/mol. The van der Waals surface area contributed by atoms with Crippen molar-refractivity contribution in [2.45, 2.75) is 39.5 Å². The average molecular weight is 838 g/mol. The molecular formula is C40H37Cl3F2N8O4. The van der Waals surface area contributed by atoms with E-state index < -0.39 is 23.6 Å². The van der Waals surface area contributed by atoms with Crippen molar-refractivity contribution in [1.82, 2.24) is 29.9 Å². The van der Waals surface area contributed by atoms with Crippen molar-refractivity contribution in [3.63, 3.8) is 0 Å². The molecule has 0 unspecified atom stereocenters. The molecule has 2 aromatic carbocycles. The minimum atomic E-state index is -0.531. The lowest BCUT2D eigenvalue weighted by atomic mass is 10.1. The Morgan fingerprint density at radius 2 is 1.18 bits per heavy atom. The maximum absolute atomic E-state index is 14.3. The summed E-state index contributed by atoms with van der Waals surface area (Å²) in [6, 6.07) is 11.6. The second-order valence-electron chi connectivity index (χ2n) is 12.5. The van der Waals surface area contributed by atoms with Crippen molar-refractivity contribution in [2.75, 3.05) is 25.3 Å². The highest BCUT2D eigenvalue weighted by atomic mass is 35.5. The second-order valence-corrected chi connectivity index (χ2v) is 13.7. The number of aromatic nitrogens is 6. The van der Waals surface area contributed by atoms with Crippen molar-refractivity contribution < 1.29 is 27.8 Å². The lowest BCUT2D eigenvalue weighted by Crippen LogP contribution is -2.09. The molecule has 4 heterocycles. The lowest BCUT2D eigenvalue weighted by Gasteiger charge is -2.16. The molecule has 0 aliphatic carbocycles. The molecule has 4 aromatic heterocycles. The first-order valence-electron chi connectivity index (χ1n) is 17.0. The minimum absolute atomic E-state index is 0.0872. The summed E-state index contributed by atoms with van der Waals surface area (Å²) in [4.78, 5) is 47.7. The maximum atomic E-state index is 14.3. The van der Waals surface area contributed by atoms with Gasteiger partial charge in [0.1, 0.15) is 33.7 Å². The van der Waals surface area contributed by atoms with E-state index in [1.165, 1.54) is 69.2 Å². The molecule has 0 fully saturated rings. The molecule has 0 amide bonds. The molecule has 6 aromatic rings. The molecule has 0 bridgehead atoms. The van der Waals surface area contributed by atoms with Crippen LogP contribution in [0.15, 0.2) is 85.7 Å². The smallest absolute Gasteiger partial charge is 0.341 e. The zero-order valence-electron chi connectivity index (χ0n) is 31.5. The zero-order chi connectivity index (χ0) is 41.8. The highest BCUT2D eigenvalue weighted by molar-refractivity contribution is 6.31. The molecule has 3 N–H and O–H groups in total. The van der Waals surface area contributed by atoms with Crippen molar-refractivity contribution in [3.8, 4) is 22.8 Å². The fourth-order valence-electron chi connectivity index (χ4n) is 4.86. The third kappa shape index (κ3) is 11.6. The van der Waals surface area contributed by atoms with Gasteiger partial charge in [-0.3, -0.25) is 9.97 Å². The number of anilines is 3. The molecule has 296 valence electrons. The number of carbonyl (C=O) groups is 2. The number of esters is 2. The number of rotatable bonds is 8. The van der Waals surface area contributed by atoms with Gasteiger partial charge in [0.25, 0.3) is 0 Å². The number of nitrogen functional groups attached to an aromatic ring is 1. The summed E-state index contributed by atoms with van der Waals surface area (Å²) in [6.45, 7) is 7.95. The van der Waals surface area contributed by atoms with Crippen LogP contribution in [0, 0.1) is 11.6 Å². The number of carbonyl (C=O) groups excluding carboxylic acids is 2. The molecule has 0 atom stereocenters. The Bertz CT molecular complexity index is 2370. The molecule has 0 saturated heterocycles. The first kappa shape index (κ1) is 43.9. The molecule has 57 heavy (non-hydrogen) atoms. The molecule has 0 saturated carbocycles. The van der Waals surface area contributed by atoms with Crippen LogP contribution in [0.2, 0.25) is 15.2 Å². The number of nitrogens with one attached hydrogen (secondary N) is 1. The number of pyridine rings is 2.